The fourth-order valence-electron chi connectivity index (χ4n) is 9.28. The molecular weight excluding hydrogens is 2410 g/mol. The second kappa shape index (κ2) is 54.1. The minimum Gasteiger partial charge on any atom is -0.512 e. The van der Waals surface area contributed by atoms with Crippen molar-refractivity contribution in [1.29, 1.82) is 0 Å². The molecule has 4 N–H and O–H groups in total. The molecule has 0 amide bonds. The largest absolute Gasteiger partial charge is 0.512 e. The van der Waals surface area contributed by atoms with Crippen LogP contribution in [0.3, 0.4) is 0 Å². The third kappa shape index (κ3) is 35.6. The second-order valence-corrected chi connectivity index (χ2v) is 27.2. The number of benzene rings is 5. The molecule has 0 saturated carbocycles. The van der Waals surface area contributed by atoms with Crippen molar-refractivity contribution in [3.63, 3.8) is 0 Å². The van der Waals surface area contributed by atoms with Gasteiger partial charge in [-0.05, 0) is 99.9 Å². The van der Waals surface area contributed by atoms with Crippen LogP contribution in [0.1, 0.15) is 63.2 Å². The summed E-state index contributed by atoms with van der Waals surface area (Å²) < 4.78 is 184. The molecule has 0 saturated heterocycles. The SMILES string of the molecule is CC(C)(C)C(=O)C=C(O)C(C)(C)C.CN(C)c1ccnc(-c2[c-]cc(F)nc2F)c1.Fc1c[c-]c(-c2ccccn2)c(F)c1.Fc1c[c-]c(-n2cccn2)c(F)c1.Fc1c[c-]c(-n2cccn2)c(F)c1.Fc1cnc(-n2cccn2)c(F)c1.O=C(O)c1ccccn1.OCc1ccnc(-c2[c-]cc(F)cc2F)c1.OCc1ccnc(-c2[c-]cc(F)cc2F)c1.[Ir].[Ir].[Ir].[Ir]. The number of ketones is 1. The van der Waals surface area contributed by atoms with E-state index in [4.69, 9.17) is 15.3 Å². The van der Waals surface area contributed by atoms with E-state index in [1.54, 1.807) is 97.6 Å². The Morgan fingerprint density at radius 1 is 0.398 bits per heavy atom. The zero-order chi connectivity index (χ0) is 90.8. The van der Waals surface area contributed by atoms with E-state index in [9.17, 15) is 76.2 Å². The number of rotatable bonds is 12. The molecule has 4 radical (unpaired) electrons. The van der Waals surface area contributed by atoms with Gasteiger partial charge < -0.3 is 45.3 Å². The first kappa shape index (κ1) is 110. The van der Waals surface area contributed by atoms with Crippen LogP contribution in [0.4, 0.5) is 67.2 Å². The molecule has 0 aliphatic rings. The zero-order valence-electron chi connectivity index (χ0n) is 68.0. The van der Waals surface area contributed by atoms with Crippen molar-refractivity contribution < 1.29 is 172 Å². The Labute approximate surface area is 779 Å². The predicted octanol–water partition coefficient (Wildman–Crippen LogP) is 19.1. The van der Waals surface area contributed by atoms with Gasteiger partial charge in [-0.1, -0.05) is 124 Å². The van der Waals surface area contributed by atoms with Crippen molar-refractivity contribution in [3.8, 4) is 62.2 Å². The summed E-state index contributed by atoms with van der Waals surface area (Å²) in [5, 5.41) is 47.1. The minimum absolute atomic E-state index is 0. The summed E-state index contributed by atoms with van der Waals surface area (Å²) in [7, 11) is 3.73. The third-order valence-electron chi connectivity index (χ3n) is 15.6. The van der Waals surface area contributed by atoms with Gasteiger partial charge in [-0.3, -0.25) is 63.0 Å². The summed E-state index contributed by atoms with van der Waals surface area (Å²) in [6.45, 7) is 10.8. The molecule has 0 fully saturated rings. The average Bonchev–Trinajstić information content (AvgIpc) is 1.02. The van der Waals surface area contributed by atoms with Gasteiger partial charge in [0.1, 0.15) is 29.2 Å². The van der Waals surface area contributed by atoms with Crippen LogP contribution in [-0.4, -0.2) is 111 Å². The Kier molecular flexibility index (Phi) is 46.5. The number of halogens is 14. The Bertz CT molecular complexity index is 5690. The number of pyridine rings is 7. The van der Waals surface area contributed by atoms with Crippen molar-refractivity contribution in [2.45, 2.75) is 54.8 Å². The number of carbonyl (C=O) groups is 2. The van der Waals surface area contributed by atoms with E-state index >= 15 is 0 Å². The number of carboxylic acid groups (broad SMARTS) is 1. The normalized spacial score (nSPS) is 10.3. The number of aromatic nitrogens is 13. The predicted molar refractivity (Wildman–Crippen MR) is 429 cm³/mol. The molecular formula is C90H72F14Ir4N14O6-6. The zero-order valence-corrected chi connectivity index (χ0v) is 77.6. The Hall–Kier alpha value is -12.2. The number of hydrogen-bond acceptors (Lipinski definition) is 16. The molecule has 5 aromatic carbocycles. The molecule has 10 heterocycles. The van der Waals surface area contributed by atoms with Crippen molar-refractivity contribution in [2.75, 3.05) is 19.0 Å². The molecule has 10 aromatic heterocycles. The molecule has 0 spiro atoms. The number of carboxylic acids is 1. The maximum Gasteiger partial charge on any atom is 0.354 e. The van der Waals surface area contributed by atoms with Crippen LogP contribution in [0.5, 0.6) is 0 Å². The topological polar surface area (TPSA) is 262 Å². The monoisotopic (exact) mass is 2480 g/mol. The van der Waals surface area contributed by atoms with Crippen LogP contribution < -0.4 is 4.90 Å². The molecule has 0 bridgehead atoms. The fourth-order valence-corrected chi connectivity index (χ4v) is 9.28. The number of carbonyl (C=O) groups excluding carboxylic acids is 1. The number of allylic oxidation sites excluding steroid dienone is 2. The summed E-state index contributed by atoms with van der Waals surface area (Å²) in [4.78, 5) is 49.6. The van der Waals surface area contributed by atoms with Gasteiger partial charge in [0.15, 0.2) is 17.4 Å². The molecule has 15 rings (SSSR count). The standard InChI is InChI=1S/C12H10F2N3.2C12H8F2NO.C11H6F2N.C11H20O2.2C9H5F2N2.C8H5F2N3.C6H5NO2.4Ir/c1-17(2)8-5-6-15-10(7-8)9-3-4-11(13)16-12(9)14;2*13-9-1-2-10(11(14)6-9)12-5-8(7-16)3-4-15-12;12-8-4-5-9(10(13)7-8)11-3-1-2-6-14-11;1-10(2,3)8(12)7-9(13)11(4,5)6;2*10-7-2-3-9(8(11)6-7)13-5-1-4-12-13;9-6-4-7(10)8(11-5-6)13-3-1-2-12-13;8-6(9)5-3-1-2-4-7-5;;;;/h4-7H,1-2H3;2*1,3-6,16H,7H2;1-4,6-7H;7,12H,1-6H3;2*1-2,4-6H;1-5H;1-4H,(H,8,9);;;;/q4*-1;;2*-1;;;;;;. The average molecular weight is 2480 g/mol. The third-order valence-corrected chi connectivity index (χ3v) is 15.6. The quantitative estimate of drug-likeness (QED) is 0.0291. The van der Waals surface area contributed by atoms with E-state index in [0.717, 1.165) is 84.7 Å². The summed E-state index contributed by atoms with van der Waals surface area (Å²) in [5.41, 5.74) is 3.56. The van der Waals surface area contributed by atoms with Crippen LogP contribution in [0.15, 0.2) is 250 Å². The van der Waals surface area contributed by atoms with E-state index in [1.165, 1.54) is 81.7 Å². The Morgan fingerprint density at radius 2 is 0.789 bits per heavy atom. The van der Waals surface area contributed by atoms with Crippen LogP contribution in [-0.2, 0) is 98.4 Å². The van der Waals surface area contributed by atoms with Gasteiger partial charge in [0.2, 0.25) is 0 Å². The number of nitrogens with zero attached hydrogens (tertiary/aromatic N) is 14. The number of hydrogen-bond donors (Lipinski definition) is 4. The van der Waals surface area contributed by atoms with Crippen molar-refractivity contribution in [3.05, 3.63) is 385 Å². The minimum atomic E-state index is -0.990. The molecule has 20 nitrogen and oxygen atoms in total. The van der Waals surface area contributed by atoms with E-state index in [0.29, 0.717) is 33.9 Å². The van der Waals surface area contributed by atoms with Crippen LogP contribution in [0, 0.1) is 129 Å². The van der Waals surface area contributed by atoms with Crippen LogP contribution in [0.25, 0.3) is 62.2 Å². The summed E-state index contributed by atoms with van der Waals surface area (Å²) >= 11 is 0. The molecule has 128 heavy (non-hydrogen) atoms. The van der Waals surface area contributed by atoms with E-state index in [-0.39, 0.29) is 156 Å². The number of aromatic carboxylic acids is 1. The van der Waals surface area contributed by atoms with Gasteiger partial charge >= 0.3 is 5.97 Å². The summed E-state index contributed by atoms with van der Waals surface area (Å²) in [6, 6.07) is 50.5. The van der Waals surface area contributed by atoms with Crippen LogP contribution >= 0.6 is 0 Å². The molecule has 0 aliphatic carbocycles. The van der Waals surface area contributed by atoms with Gasteiger partial charge in [0, 0.05) is 250 Å². The van der Waals surface area contributed by atoms with Gasteiger partial charge in [0.05, 0.1) is 19.4 Å². The van der Waals surface area contributed by atoms with Gasteiger partial charge in [-0.25, -0.2) is 37.0 Å². The Morgan fingerprint density at radius 3 is 1.14 bits per heavy atom. The number of anilines is 1. The number of aliphatic hydroxyl groups excluding tert-OH is 3. The Balaban J connectivity index is 0.000000371. The molecule has 0 unspecified atom stereocenters. The summed E-state index contributed by atoms with van der Waals surface area (Å²) in [6.07, 6.45) is 18.9. The fraction of sp³-hybridized carbons (Fsp3) is 0.133. The van der Waals surface area contributed by atoms with Crippen LogP contribution in [0.2, 0.25) is 0 Å². The van der Waals surface area contributed by atoms with Gasteiger partial charge in [-0.15, -0.1) is 66.7 Å². The first-order valence-corrected chi connectivity index (χ1v) is 36.1. The first-order valence-electron chi connectivity index (χ1n) is 36.1. The smallest absolute Gasteiger partial charge is 0.354 e. The maximum atomic E-state index is 13.4. The van der Waals surface area contributed by atoms with Gasteiger partial charge in [-0.2, -0.15) is 27.4 Å². The van der Waals surface area contributed by atoms with Crippen molar-refractivity contribution >= 4 is 17.4 Å². The van der Waals surface area contributed by atoms with E-state index < -0.39 is 93.1 Å². The molecule has 15 aromatic rings. The second-order valence-electron chi connectivity index (χ2n) is 27.2. The maximum absolute atomic E-state index is 13.4. The molecule has 38 heteroatoms. The molecule has 0 aliphatic heterocycles. The summed E-state index contributed by atoms with van der Waals surface area (Å²) in [5.74, 6) is -10.9. The van der Waals surface area contributed by atoms with Crippen molar-refractivity contribution in [1.82, 2.24) is 64.2 Å². The van der Waals surface area contributed by atoms with Gasteiger partial charge in [0.25, 0.3) is 0 Å². The van der Waals surface area contributed by atoms with E-state index in [2.05, 4.69) is 86.6 Å². The number of aliphatic hydroxyl groups is 3. The first-order chi connectivity index (χ1) is 58.9. The van der Waals surface area contributed by atoms with E-state index in [1.807, 2.05) is 60.5 Å². The molecule has 678 valence electrons. The van der Waals surface area contributed by atoms with Crippen molar-refractivity contribution in [2.24, 2.45) is 10.8 Å². The molecule has 0 atom stereocenters.